The number of rotatable bonds is 6. The number of benzene rings is 2. The Balaban J connectivity index is 1.73. The minimum Gasteiger partial charge on any atom is -0.496 e. The molecule has 1 amide bonds. The normalized spacial score (nSPS) is 20.4. The van der Waals surface area contributed by atoms with Crippen LogP contribution in [-0.2, 0) is 14.9 Å². The predicted molar refractivity (Wildman–Crippen MR) is 121 cm³/mol. The van der Waals surface area contributed by atoms with Gasteiger partial charge in [-0.1, -0.05) is 30.3 Å². The Bertz CT molecular complexity index is 914. The van der Waals surface area contributed by atoms with Crippen molar-refractivity contribution in [2.24, 2.45) is 0 Å². The van der Waals surface area contributed by atoms with Crippen molar-refractivity contribution < 1.29 is 23.7 Å². The van der Waals surface area contributed by atoms with Crippen LogP contribution in [-0.4, -0.2) is 57.6 Å². The molecule has 0 saturated carbocycles. The van der Waals surface area contributed by atoms with Gasteiger partial charge in [-0.15, -0.1) is 11.8 Å². The minimum atomic E-state index is -0.563. The second-order valence-corrected chi connectivity index (χ2v) is 8.92. The average Bonchev–Trinajstić information content (AvgIpc) is 3.33. The number of thioether (sulfide) groups is 1. The molecule has 0 aliphatic carbocycles. The van der Waals surface area contributed by atoms with Gasteiger partial charge in [0.1, 0.15) is 11.1 Å². The monoisotopic (exact) mass is 443 g/mol. The standard InChI is InChI=1S/C24H29NO5S/c1-27-19-16-21(29-3)20(28-2)15-18(19)22-25(11-14-31-22)23(26)24(9-12-30-13-10-24)17-7-5-4-6-8-17/h4-8,15-16,22H,9-14H2,1-3H3. The molecule has 2 aliphatic heterocycles. The highest BCUT2D eigenvalue weighted by Gasteiger charge is 2.47. The molecule has 0 N–H and O–H groups in total. The van der Waals surface area contributed by atoms with Gasteiger partial charge in [0.15, 0.2) is 11.5 Å². The van der Waals surface area contributed by atoms with Crippen LogP contribution in [0.5, 0.6) is 17.2 Å². The van der Waals surface area contributed by atoms with Gasteiger partial charge in [0.25, 0.3) is 0 Å². The van der Waals surface area contributed by atoms with Gasteiger partial charge < -0.3 is 23.8 Å². The smallest absolute Gasteiger partial charge is 0.234 e. The Kier molecular flexibility index (Phi) is 6.62. The van der Waals surface area contributed by atoms with Crippen LogP contribution in [0.2, 0.25) is 0 Å². The Morgan fingerprint density at radius 1 is 1.00 bits per heavy atom. The summed E-state index contributed by atoms with van der Waals surface area (Å²) in [5, 5.41) is -0.148. The lowest BCUT2D eigenvalue weighted by atomic mass is 9.73. The van der Waals surface area contributed by atoms with Crippen LogP contribution in [0.3, 0.4) is 0 Å². The Labute approximate surface area is 187 Å². The van der Waals surface area contributed by atoms with Gasteiger partial charge in [-0.05, 0) is 24.5 Å². The highest BCUT2D eigenvalue weighted by molar-refractivity contribution is 7.99. The zero-order valence-corrected chi connectivity index (χ0v) is 19.1. The third kappa shape index (κ3) is 3.96. The molecule has 4 rings (SSSR count). The van der Waals surface area contributed by atoms with Crippen LogP contribution >= 0.6 is 11.8 Å². The fraction of sp³-hybridized carbons (Fsp3) is 0.458. The maximum Gasteiger partial charge on any atom is 0.234 e. The number of methoxy groups -OCH3 is 3. The summed E-state index contributed by atoms with van der Waals surface area (Å²) in [7, 11) is 4.86. The van der Waals surface area contributed by atoms with Crippen molar-refractivity contribution in [3.05, 3.63) is 53.6 Å². The van der Waals surface area contributed by atoms with Crippen molar-refractivity contribution >= 4 is 17.7 Å². The molecule has 1 unspecified atom stereocenters. The lowest BCUT2D eigenvalue weighted by molar-refractivity contribution is -0.141. The average molecular weight is 444 g/mol. The molecule has 2 heterocycles. The van der Waals surface area contributed by atoms with Crippen molar-refractivity contribution in [3.63, 3.8) is 0 Å². The summed E-state index contributed by atoms with van der Waals surface area (Å²) in [4.78, 5) is 16.2. The third-order valence-corrected chi connectivity index (χ3v) is 7.48. The van der Waals surface area contributed by atoms with Crippen LogP contribution in [0.25, 0.3) is 0 Å². The van der Waals surface area contributed by atoms with Gasteiger partial charge in [0.2, 0.25) is 5.91 Å². The quantitative estimate of drug-likeness (QED) is 0.672. The van der Waals surface area contributed by atoms with Gasteiger partial charge in [-0.2, -0.15) is 0 Å². The maximum atomic E-state index is 14.1. The molecule has 0 spiro atoms. The number of carbonyl (C=O) groups is 1. The molecule has 2 aromatic carbocycles. The molecule has 2 aromatic rings. The number of hydrogen-bond acceptors (Lipinski definition) is 6. The zero-order valence-electron chi connectivity index (χ0n) is 18.3. The molecule has 7 heteroatoms. The molecule has 31 heavy (non-hydrogen) atoms. The lowest BCUT2D eigenvalue weighted by Crippen LogP contribution is -2.49. The Morgan fingerprint density at radius 3 is 2.29 bits per heavy atom. The second kappa shape index (κ2) is 9.40. The van der Waals surface area contributed by atoms with Gasteiger partial charge >= 0.3 is 0 Å². The summed E-state index contributed by atoms with van der Waals surface area (Å²) in [5.74, 6) is 2.95. The topological polar surface area (TPSA) is 57.2 Å². The fourth-order valence-corrected chi connectivity index (χ4v) is 5.83. The Morgan fingerprint density at radius 2 is 1.65 bits per heavy atom. The fourth-order valence-electron chi connectivity index (χ4n) is 4.56. The summed E-state index contributed by atoms with van der Waals surface area (Å²) in [5.41, 5.74) is 1.43. The summed E-state index contributed by atoms with van der Waals surface area (Å²) in [6.45, 7) is 1.87. The highest BCUT2D eigenvalue weighted by Crippen LogP contribution is 2.48. The van der Waals surface area contributed by atoms with E-state index in [-0.39, 0.29) is 11.3 Å². The van der Waals surface area contributed by atoms with E-state index in [1.807, 2.05) is 35.2 Å². The first-order valence-electron chi connectivity index (χ1n) is 10.5. The second-order valence-electron chi connectivity index (χ2n) is 7.73. The van der Waals surface area contributed by atoms with E-state index in [1.54, 1.807) is 33.1 Å². The SMILES string of the molecule is COc1cc(OC)c(C2SCCN2C(=O)C2(c3ccccc3)CCOCC2)cc1OC. The zero-order chi connectivity index (χ0) is 21.8. The van der Waals surface area contributed by atoms with Gasteiger partial charge in [-0.3, -0.25) is 4.79 Å². The first-order valence-corrected chi connectivity index (χ1v) is 11.6. The van der Waals surface area contributed by atoms with E-state index in [2.05, 4.69) is 12.1 Å². The Hall–Kier alpha value is -2.38. The molecule has 0 radical (unpaired) electrons. The van der Waals surface area contributed by atoms with E-state index in [1.165, 1.54) is 0 Å². The third-order valence-electron chi connectivity index (χ3n) is 6.24. The van der Waals surface area contributed by atoms with E-state index >= 15 is 0 Å². The molecule has 6 nitrogen and oxygen atoms in total. The summed E-state index contributed by atoms with van der Waals surface area (Å²) in [6.07, 6.45) is 1.37. The summed E-state index contributed by atoms with van der Waals surface area (Å²) in [6, 6.07) is 13.9. The molecule has 0 aromatic heterocycles. The van der Waals surface area contributed by atoms with E-state index in [0.29, 0.717) is 49.8 Å². The first-order chi connectivity index (χ1) is 15.1. The van der Waals surface area contributed by atoms with Crippen LogP contribution < -0.4 is 14.2 Å². The molecule has 1 atom stereocenters. The predicted octanol–water partition coefficient (Wildman–Crippen LogP) is 4.03. The van der Waals surface area contributed by atoms with Crippen LogP contribution in [0.15, 0.2) is 42.5 Å². The molecular weight excluding hydrogens is 414 g/mol. The lowest BCUT2D eigenvalue weighted by Gasteiger charge is -2.40. The van der Waals surface area contributed by atoms with Gasteiger partial charge in [0.05, 0.1) is 26.7 Å². The van der Waals surface area contributed by atoms with Crippen LogP contribution in [0, 0.1) is 0 Å². The number of amides is 1. The van der Waals surface area contributed by atoms with E-state index in [4.69, 9.17) is 18.9 Å². The first kappa shape index (κ1) is 21.8. The largest absolute Gasteiger partial charge is 0.496 e. The number of carbonyl (C=O) groups excluding carboxylic acids is 1. The van der Waals surface area contributed by atoms with Crippen molar-refractivity contribution in [1.29, 1.82) is 0 Å². The summed E-state index contributed by atoms with van der Waals surface area (Å²) < 4.78 is 22.3. The van der Waals surface area contributed by atoms with Crippen LogP contribution in [0.4, 0.5) is 0 Å². The molecule has 2 saturated heterocycles. The maximum absolute atomic E-state index is 14.1. The van der Waals surface area contributed by atoms with Crippen molar-refractivity contribution in [3.8, 4) is 17.2 Å². The highest BCUT2D eigenvalue weighted by atomic mass is 32.2. The van der Waals surface area contributed by atoms with Crippen molar-refractivity contribution in [2.75, 3.05) is 46.8 Å². The van der Waals surface area contributed by atoms with Crippen LogP contribution in [0.1, 0.15) is 29.3 Å². The van der Waals surface area contributed by atoms with Crippen molar-refractivity contribution in [2.45, 2.75) is 23.6 Å². The molecular formula is C24H29NO5S. The number of nitrogens with zero attached hydrogens (tertiary/aromatic N) is 1. The molecule has 2 aliphatic rings. The molecule has 0 bridgehead atoms. The molecule has 166 valence electrons. The van der Waals surface area contributed by atoms with Crippen molar-refractivity contribution in [1.82, 2.24) is 4.90 Å². The number of ether oxygens (including phenoxy) is 4. The molecule has 2 fully saturated rings. The minimum absolute atomic E-state index is 0.148. The van der Waals surface area contributed by atoms with Gasteiger partial charge in [0, 0.05) is 37.1 Å². The summed E-state index contributed by atoms with van der Waals surface area (Å²) >= 11 is 1.75. The van der Waals surface area contributed by atoms with E-state index < -0.39 is 5.41 Å². The van der Waals surface area contributed by atoms with E-state index in [9.17, 15) is 4.79 Å². The number of hydrogen-bond donors (Lipinski definition) is 0. The van der Waals surface area contributed by atoms with E-state index in [0.717, 1.165) is 16.9 Å². The van der Waals surface area contributed by atoms with Gasteiger partial charge in [-0.25, -0.2) is 0 Å².